The molecule has 2 aliphatic heterocycles. The number of thiocarbonyl (C=S) groups is 1. The molecular formula is C19H21N2O4S2-. The Kier molecular flexibility index (Phi) is 6.87. The Morgan fingerprint density at radius 3 is 2.59 bits per heavy atom. The predicted molar refractivity (Wildman–Crippen MR) is 108 cm³/mol. The number of hydrogen-bond donors (Lipinski definition) is 0. The van der Waals surface area contributed by atoms with Crippen LogP contribution in [0, 0.1) is 0 Å². The second-order valence-corrected chi connectivity index (χ2v) is 8.03. The van der Waals surface area contributed by atoms with Crippen molar-refractivity contribution in [3.05, 3.63) is 34.7 Å². The highest BCUT2D eigenvalue weighted by Crippen LogP contribution is 2.33. The molecule has 1 aromatic carbocycles. The van der Waals surface area contributed by atoms with Gasteiger partial charge in [-0.25, -0.2) is 0 Å². The fourth-order valence-electron chi connectivity index (χ4n) is 2.99. The first kappa shape index (κ1) is 19.9. The Hall–Kier alpha value is -1.90. The summed E-state index contributed by atoms with van der Waals surface area (Å²) >= 11 is 6.58. The van der Waals surface area contributed by atoms with Gasteiger partial charge in [-0.2, -0.15) is 0 Å². The molecule has 2 fully saturated rings. The molecule has 0 bridgehead atoms. The van der Waals surface area contributed by atoms with E-state index in [1.54, 1.807) is 4.90 Å². The Morgan fingerprint density at radius 2 is 1.93 bits per heavy atom. The lowest BCUT2D eigenvalue weighted by molar-refractivity contribution is -0.305. The number of ether oxygens (including phenoxy) is 1. The van der Waals surface area contributed by atoms with Crippen LogP contribution in [0.3, 0.4) is 0 Å². The zero-order chi connectivity index (χ0) is 19.2. The number of carboxylic acids is 1. The van der Waals surface area contributed by atoms with E-state index in [1.165, 1.54) is 11.8 Å². The minimum atomic E-state index is -1.07. The largest absolute Gasteiger partial charge is 0.550 e. The van der Waals surface area contributed by atoms with E-state index in [-0.39, 0.29) is 12.3 Å². The van der Waals surface area contributed by atoms with Gasteiger partial charge in [-0.1, -0.05) is 36.1 Å². The normalized spacial score (nSPS) is 19.2. The molecule has 0 N–H and O–H groups in total. The number of unbranched alkanes of at least 4 members (excludes halogenated alkanes) is 1. The van der Waals surface area contributed by atoms with E-state index in [1.807, 2.05) is 18.2 Å². The number of nitrogens with zero attached hydrogens (tertiary/aromatic N) is 2. The summed E-state index contributed by atoms with van der Waals surface area (Å²) in [5.74, 6) is -1.18. The average Bonchev–Trinajstić information content (AvgIpc) is 2.93. The van der Waals surface area contributed by atoms with Crippen LogP contribution in [0.5, 0.6) is 0 Å². The molecule has 2 heterocycles. The van der Waals surface area contributed by atoms with Crippen LogP contribution >= 0.6 is 24.0 Å². The van der Waals surface area contributed by atoms with Crippen LogP contribution in [0.2, 0.25) is 0 Å². The third-order valence-electron chi connectivity index (χ3n) is 4.45. The van der Waals surface area contributed by atoms with Gasteiger partial charge in [0, 0.05) is 31.3 Å². The summed E-state index contributed by atoms with van der Waals surface area (Å²) in [4.78, 5) is 27.4. The van der Waals surface area contributed by atoms with E-state index in [9.17, 15) is 14.7 Å². The third-order valence-corrected chi connectivity index (χ3v) is 5.83. The number of aliphatic carboxylic acids is 1. The van der Waals surface area contributed by atoms with Crippen molar-refractivity contribution in [2.24, 2.45) is 0 Å². The van der Waals surface area contributed by atoms with Crippen molar-refractivity contribution in [1.29, 1.82) is 0 Å². The Bertz CT molecular complexity index is 743. The number of thioether (sulfide) groups is 1. The van der Waals surface area contributed by atoms with Gasteiger partial charge in [0.15, 0.2) is 0 Å². The molecule has 27 heavy (non-hydrogen) atoms. The van der Waals surface area contributed by atoms with E-state index in [2.05, 4.69) is 17.0 Å². The van der Waals surface area contributed by atoms with Gasteiger partial charge in [0.05, 0.1) is 18.1 Å². The van der Waals surface area contributed by atoms with E-state index < -0.39 is 5.97 Å². The summed E-state index contributed by atoms with van der Waals surface area (Å²) in [5.41, 5.74) is 2.10. The number of carbonyl (C=O) groups excluding carboxylic acids is 2. The van der Waals surface area contributed by atoms with Crippen LogP contribution in [-0.2, 0) is 14.3 Å². The molecule has 144 valence electrons. The van der Waals surface area contributed by atoms with Crippen molar-refractivity contribution in [2.45, 2.75) is 19.3 Å². The maximum Gasteiger partial charge on any atom is 0.266 e. The zero-order valence-corrected chi connectivity index (χ0v) is 16.5. The highest BCUT2D eigenvalue weighted by atomic mass is 32.2. The second-order valence-electron chi connectivity index (χ2n) is 6.35. The molecule has 0 spiro atoms. The average molecular weight is 406 g/mol. The smallest absolute Gasteiger partial charge is 0.266 e. The van der Waals surface area contributed by atoms with Crippen LogP contribution in [0.1, 0.15) is 24.8 Å². The van der Waals surface area contributed by atoms with Gasteiger partial charge in [-0.05, 0) is 43.0 Å². The molecular weight excluding hydrogens is 384 g/mol. The molecule has 6 nitrogen and oxygen atoms in total. The van der Waals surface area contributed by atoms with Gasteiger partial charge >= 0.3 is 0 Å². The summed E-state index contributed by atoms with van der Waals surface area (Å²) < 4.78 is 5.89. The fourth-order valence-corrected chi connectivity index (χ4v) is 4.29. The second kappa shape index (κ2) is 9.34. The molecule has 0 unspecified atom stereocenters. The van der Waals surface area contributed by atoms with Gasteiger partial charge < -0.3 is 19.5 Å². The lowest BCUT2D eigenvalue weighted by Gasteiger charge is -2.28. The van der Waals surface area contributed by atoms with Gasteiger partial charge in [-0.15, -0.1) is 0 Å². The highest BCUT2D eigenvalue weighted by Gasteiger charge is 2.31. The van der Waals surface area contributed by atoms with Crippen molar-refractivity contribution in [3.8, 4) is 0 Å². The maximum atomic E-state index is 12.6. The number of rotatable bonds is 7. The number of benzene rings is 1. The Balaban J connectivity index is 1.60. The Morgan fingerprint density at radius 1 is 1.22 bits per heavy atom. The zero-order valence-electron chi connectivity index (χ0n) is 14.9. The summed E-state index contributed by atoms with van der Waals surface area (Å²) in [5, 5.41) is 10.5. The lowest BCUT2D eigenvalue weighted by atomic mass is 10.1. The summed E-state index contributed by atoms with van der Waals surface area (Å²) in [6.07, 6.45) is 2.91. The van der Waals surface area contributed by atoms with Gasteiger partial charge in [0.25, 0.3) is 5.91 Å². The molecule has 0 aliphatic carbocycles. The molecule has 0 saturated carbocycles. The number of hydrogen-bond acceptors (Lipinski definition) is 7. The molecule has 8 heteroatoms. The van der Waals surface area contributed by atoms with Crippen molar-refractivity contribution in [3.63, 3.8) is 0 Å². The van der Waals surface area contributed by atoms with E-state index >= 15 is 0 Å². The first-order chi connectivity index (χ1) is 13.0. The predicted octanol–water partition coefficient (Wildman–Crippen LogP) is 1.64. The summed E-state index contributed by atoms with van der Waals surface area (Å²) in [6, 6.07) is 8.10. The molecule has 0 aromatic heterocycles. The number of amides is 1. The van der Waals surface area contributed by atoms with Crippen LogP contribution in [-0.4, -0.2) is 53.9 Å². The summed E-state index contributed by atoms with van der Waals surface area (Å²) in [6.45, 7) is 3.69. The van der Waals surface area contributed by atoms with Crippen LogP contribution in [0.15, 0.2) is 29.2 Å². The van der Waals surface area contributed by atoms with Gasteiger partial charge in [0.1, 0.15) is 4.32 Å². The number of carbonyl (C=O) groups is 2. The molecule has 1 amide bonds. The standard InChI is InChI=1S/C19H22N2O4S2/c22-17(23)3-1-2-8-21-18(24)16(27-19(21)26)13-14-4-6-15(7-5-14)20-9-11-25-12-10-20/h4-7,13H,1-3,8-12H2,(H,22,23)/p-1/b16-13+. The minimum Gasteiger partial charge on any atom is -0.550 e. The van der Waals surface area contributed by atoms with Crippen molar-refractivity contribution >= 4 is 51.9 Å². The maximum absolute atomic E-state index is 12.6. The minimum absolute atomic E-state index is 0.000122. The van der Waals surface area contributed by atoms with E-state index in [0.29, 0.717) is 28.6 Å². The van der Waals surface area contributed by atoms with Crippen molar-refractivity contribution in [2.75, 3.05) is 37.7 Å². The van der Waals surface area contributed by atoms with Gasteiger partial charge in [-0.3, -0.25) is 9.69 Å². The van der Waals surface area contributed by atoms with E-state index in [4.69, 9.17) is 17.0 Å². The molecule has 2 aliphatic rings. The number of anilines is 1. The third kappa shape index (κ3) is 5.31. The van der Waals surface area contributed by atoms with Gasteiger partial charge in [0.2, 0.25) is 0 Å². The molecule has 2 saturated heterocycles. The lowest BCUT2D eigenvalue weighted by Crippen LogP contribution is -2.36. The SMILES string of the molecule is O=C([O-])CCCCN1C(=O)/C(=C\c2ccc(N3CCOCC3)cc2)SC1=S. The quantitative estimate of drug-likeness (QED) is 0.388. The number of morpholine rings is 1. The van der Waals surface area contributed by atoms with E-state index in [0.717, 1.165) is 37.6 Å². The topological polar surface area (TPSA) is 72.9 Å². The first-order valence-electron chi connectivity index (χ1n) is 8.92. The first-order valence-corrected chi connectivity index (χ1v) is 10.1. The Labute approximate surface area is 168 Å². The number of carboxylic acid groups (broad SMARTS) is 1. The van der Waals surface area contributed by atoms with Crippen LogP contribution < -0.4 is 10.0 Å². The molecule has 1 aromatic rings. The summed E-state index contributed by atoms with van der Waals surface area (Å²) in [7, 11) is 0. The van der Waals surface area contributed by atoms with Crippen molar-refractivity contribution < 1.29 is 19.4 Å². The molecule has 0 atom stereocenters. The highest BCUT2D eigenvalue weighted by molar-refractivity contribution is 8.26. The monoisotopic (exact) mass is 405 g/mol. The fraction of sp³-hybridized carbons (Fsp3) is 0.421. The van der Waals surface area contributed by atoms with Crippen molar-refractivity contribution in [1.82, 2.24) is 4.90 Å². The van der Waals surface area contributed by atoms with Crippen LogP contribution in [0.25, 0.3) is 6.08 Å². The van der Waals surface area contributed by atoms with Crippen LogP contribution in [0.4, 0.5) is 5.69 Å². The molecule has 3 rings (SSSR count). The molecule has 0 radical (unpaired) electrons.